The lowest BCUT2D eigenvalue weighted by Gasteiger charge is -2.22. The fraction of sp³-hybridized carbons (Fsp3) is 0.900. The van der Waals surface area contributed by atoms with Crippen LogP contribution in [0.2, 0.25) is 0 Å². The molecular weight excluding hydrogens is 168 g/mol. The summed E-state index contributed by atoms with van der Waals surface area (Å²) in [6.07, 6.45) is -0.0734. The van der Waals surface area contributed by atoms with Crippen LogP contribution in [0.3, 0.4) is 0 Å². The number of Topliss-reactive ketones (excluding diaryl/α,β-unsaturated/α-hetero) is 1. The van der Waals surface area contributed by atoms with Gasteiger partial charge in [0, 0.05) is 11.8 Å². The second-order valence-electron chi connectivity index (χ2n) is 5.36. The van der Waals surface area contributed by atoms with E-state index in [2.05, 4.69) is 13.8 Å². The van der Waals surface area contributed by atoms with Crippen molar-refractivity contribution in [2.24, 2.45) is 17.3 Å². The summed E-state index contributed by atoms with van der Waals surface area (Å²) in [5, 5.41) is 9.91. The predicted octanol–water partition coefficient (Wildman–Crippen LogP) is 0.360. The van der Waals surface area contributed by atoms with Crippen molar-refractivity contribution in [2.45, 2.75) is 38.6 Å². The number of hydrogen-bond donors (Lipinski definition) is 1. The molecule has 0 amide bonds. The third-order valence-corrected chi connectivity index (χ3v) is 4.13. The molecule has 3 heteroatoms. The molecule has 3 fully saturated rings. The number of carbonyl (C=O) groups excluding carboxylic acids is 1. The Kier molecular flexibility index (Phi) is 1.04. The molecule has 5 atom stereocenters. The van der Waals surface area contributed by atoms with Gasteiger partial charge in [-0.1, -0.05) is 13.8 Å². The third-order valence-electron chi connectivity index (χ3n) is 4.13. The average Bonchev–Trinajstić information content (AvgIpc) is 2.81. The zero-order valence-corrected chi connectivity index (χ0v) is 8.07. The number of hydrogen-bond acceptors (Lipinski definition) is 3. The summed E-state index contributed by atoms with van der Waals surface area (Å²) >= 11 is 0. The highest BCUT2D eigenvalue weighted by Gasteiger charge is 2.79. The minimum Gasteiger partial charge on any atom is -0.379 e. The SMILES string of the molecule is CC1(O)C(=O)C2C(C3OC31)C2(C)C. The first-order valence-electron chi connectivity index (χ1n) is 4.80. The average molecular weight is 182 g/mol. The summed E-state index contributed by atoms with van der Waals surface area (Å²) in [7, 11) is 0. The van der Waals surface area contributed by atoms with Crippen LogP contribution in [0.25, 0.3) is 0 Å². The predicted molar refractivity (Wildman–Crippen MR) is 45.1 cm³/mol. The third kappa shape index (κ3) is 0.680. The number of carbonyl (C=O) groups is 1. The number of epoxide rings is 1. The van der Waals surface area contributed by atoms with Crippen LogP contribution < -0.4 is 0 Å². The fourth-order valence-electron chi connectivity index (χ4n) is 3.10. The van der Waals surface area contributed by atoms with Crippen molar-refractivity contribution in [3.05, 3.63) is 0 Å². The van der Waals surface area contributed by atoms with E-state index in [-0.39, 0.29) is 29.3 Å². The van der Waals surface area contributed by atoms with E-state index in [0.29, 0.717) is 5.92 Å². The normalized spacial score (nSPS) is 61.1. The minimum atomic E-state index is -1.22. The number of aliphatic hydroxyl groups is 1. The van der Waals surface area contributed by atoms with Gasteiger partial charge in [0.1, 0.15) is 11.7 Å². The Labute approximate surface area is 77.1 Å². The lowest BCUT2D eigenvalue weighted by molar-refractivity contribution is -0.140. The molecule has 13 heavy (non-hydrogen) atoms. The van der Waals surface area contributed by atoms with Gasteiger partial charge >= 0.3 is 0 Å². The Morgan fingerprint density at radius 3 is 2.62 bits per heavy atom. The standard InChI is InChI=1S/C10H14O3/c1-9(2)4-5(9)7(11)10(3,12)8-6(4)13-8/h4-6,8,12H,1-3H3. The zero-order chi connectivity index (χ0) is 9.59. The molecule has 2 saturated carbocycles. The molecule has 0 spiro atoms. The van der Waals surface area contributed by atoms with Gasteiger partial charge in [-0.2, -0.15) is 0 Å². The topological polar surface area (TPSA) is 49.8 Å². The lowest BCUT2D eigenvalue weighted by Crippen LogP contribution is -2.46. The van der Waals surface area contributed by atoms with Gasteiger partial charge in [-0.25, -0.2) is 0 Å². The summed E-state index contributed by atoms with van der Waals surface area (Å²) in [5.74, 6) is 0.387. The first-order chi connectivity index (χ1) is 5.88. The highest BCUT2D eigenvalue weighted by atomic mass is 16.6. The molecule has 72 valence electrons. The van der Waals surface area contributed by atoms with E-state index in [1.807, 2.05) is 0 Å². The van der Waals surface area contributed by atoms with Crippen LogP contribution in [0, 0.1) is 17.3 Å². The maximum Gasteiger partial charge on any atom is 0.170 e. The van der Waals surface area contributed by atoms with E-state index < -0.39 is 5.60 Å². The summed E-state index contributed by atoms with van der Waals surface area (Å²) in [5.41, 5.74) is -1.17. The zero-order valence-electron chi connectivity index (χ0n) is 8.07. The molecule has 3 rings (SSSR count). The molecule has 3 nitrogen and oxygen atoms in total. The van der Waals surface area contributed by atoms with Gasteiger partial charge in [-0.3, -0.25) is 4.79 Å². The van der Waals surface area contributed by atoms with E-state index in [1.165, 1.54) is 0 Å². The Hall–Kier alpha value is -0.410. The second-order valence-corrected chi connectivity index (χ2v) is 5.36. The highest BCUT2D eigenvalue weighted by Crippen LogP contribution is 2.69. The van der Waals surface area contributed by atoms with Crippen molar-refractivity contribution in [2.75, 3.05) is 0 Å². The molecule has 0 bridgehead atoms. The second kappa shape index (κ2) is 1.71. The van der Waals surface area contributed by atoms with Crippen molar-refractivity contribution in [3.63, 3.8) is 0 Å². The number of ketones is 1. The molecule has 5 unspecified atom stereocenters. The summed E-state index contributed by atoms with van der Waals surface area (Å²) in [6.45, 7) is 5.76. The molecule has 0 aromatic carbocycles. The monoisotopic (exact) mass is 182 g/mol. The Morgan fingerprint density at radius 2 is 2.00 bits per heavy atom. The van der Waals surface area contributed by atoms with E-state index in [9.17, 15) is 9.90 Å². The molecule has 1 saturated heterocycles. The van der Waals surface area contributed by atoms with Crippen LogP contribution in [-0.4, -0.2) is 28.7 Å². The van der Waals surface area contributed by atoms with Crippen molar-refractivity contribution >= 4 is 5.78 Å². The van der Waals surface area contributed by atoms with Gasteiger partial charge in [0.05, 0.1) is 6.10 Å². The van der Waals surface area contributed by atoms with Crippen LogP contribution >= 0.6 is 0 Å². The molecular formula is C10H14O3. The van der Waals surface area contributed by atoms with Gasteiger partial charge in [0.15, 0.2) is 5.78 Å². The van der Waals surface area contributed by atoms with Crippen molar-refractivity contribution < 1.29 is 14.6 Å². The smallest absolute Gasteiger partial charge is 0.170 e. The summed E-state index contributed by atoms with van der Waals surface area (Å²) in [6, 6.07) is 0. The first-order valence-corrected chi connectivity index (χ1v) is 4.80. The van der Waals surface area contributed by atoms with Crippen LogP contribution in [-0.2, 0) is 9.53 Å². The van der Waals surface area contributed by atoms with E-state index in [0.717, 1.165) is 0 Å². The molecule has 0 radical (unpaired) electrons. The Bertz CT molecular complexity index is 305. The molecule has 0 aromatic heterocycles. The molecule has 1 heterocycles. The molecule has 0 aromatic rings. The van der Waals surface area contributed by atoms with Gasteiger partial charge in [0.2, 0.25) is 0 Å². The fourth-order valence-corrected chi connectivity index (χ4v) is 3.10. The molecule has 2 aliphatic carbocycles. The van der Waals surface area contributed by atoms with Crippen LogP contribution in [0.5, 0.6) is 0 Å². The van der Waals surface area contributed by atoms with Gasteiger partial charge in [-0.05, 0) is 12.3 Å². The van der Waals surface area contributed by atoms with Gasteiger partial charge < -0.3 is 9.84 Å². The highest BCUT2D eigenvalue weighted by molar-refractivity contribution is 5.95. The van der Waals surface area contributed by atoms with E-state index in [1.54, 1.807) is 6.92 Å². The Balaban J connectivity index is 2.02. The number of fused-ring (bicyclic) bond motifs is 3. The quantitative estimate of drug-likeness (QED) is 0.550. The minimum absolute atomic E-state index is 0.0127. The summed E-state index contributed by atoms with van der Waals surface area (Å²) < 4.78 is 5.38. The van der Waals surface area contributed by atoms with E-state index >= 15 is 0 Å². The summed E-state index contributed by atoms with van der Waals surface area (Å²) in [4.78, 5) is 11.8. The molecule has 3 aliphatic rings. The lowest BCUT2D eigenvalue weighted by atomic mass is 9.85. The van der Waals surface area contributed by atoms with Crippen LogP contribution in [0.1, 0.15) is 20.8 Å². The van der Waals surface area contributed by atoms with Gasteiger partial charge in [0.25, 0.3) is 0 Å². The maximum atomic E-state index is 11.8. The van der Waals surface area contributed by atoms with Crippen molar-refractivity contribution in [1.82, 2.24) is 0 Å². The van der Waals surface area contributed by atoms with Crippen molar-refractivity contribution in [3.8, 4) is 0 Å². The van der Waals surface area contributed by atoms with Crippen LogP contribution in [0.4, 0.5) is 0 Å². The van der Waals surface area contributed by atoms with E-state index in [4.69, 9.17) is 4.74 Å². The maximum absolute atomic E-state index is 11.8. The number of ether oxygens (including phenoxy) is 1. The van der Waals surface area contributed by atoms with Gasteiger partial charge in [-0.15, -0.1) is 0 Å². The number of rotatable bonds is 0. The van der Waals surface area contributed by atoms with Crippen molar-refractivity contribution in [1.29, 1.82) is 0 Å². The first kappa shape index (κ1) is 7.94. The molecule has 1 N–H and O–H groups in total. The largest absolute Gasteiger partial charge is 0.379 e. The molecule has 1 aliphatic heterocycles. The Morgan fingerprint density at radius 1 is 1.38 bits per heavy atom. The van der Waals surface area contributed by atoms with Crippen LogP contribution in [0.15, 0.2) is 0 Å².